The number of aryl methyl sites for hydroxylation is 2. The van der Waals surface area contributed by atoms with Crippen molar-refractivity contribution in [2.45, 2.75) is 40.5 Å². The molecule has 2 aliphatic heterocycles. The molecular weight excluding hydrogens is 460 g/mol. The number of nitrogens with zero attached hydrogens (tertiary/aromatic N) is 3. The molecule has 2 heterocycles. The van der Waals surface area contributed by atoms with Crippen LogP contribution in [0, 0.1) is 25.2 Å². The summed E-state index contributed by atoms with van der Waals surface area (Å²) in [6.07, 6.45) is 3.59. The van der Waals surface area contributed by atoms with E-state index in [9.17, 15) is 4.79 Å². The second kappa shape index (κ2) is 10.9. The second-order valence-corrected chi connectivity index (χ2v) is 9.45. The van der Waals surface area contributed by atoms with E-state index in [0.29, 0.717) is 30.0 Å². The molecule has 0 radical (unpaired) electrons. The number of hydrazone groups is 1. The number of thioether (sulfide) groups is 1. The van der Waals surface area contributed by atoms with E-state index >= 15 is 0 Å². The minimum absolute atomic E-state index is 0.0532. The predicted molar refractivity (Wildman–Crippen MR) is 142 cm³/mol. The maximum atomic E-state index is 12.6. The Balaban J connectivity index is 1.38. The molecule has 0 aromatic heterocycles. The van der Waals surface area contributed by atoms with Crippen LogP contribution in [0.25, 0.3) is 6.08 Å². The van der Waals surface area contributed by atoms with Crippen molar-refractivity contribution < 1.29 is 14.3 Å². The van der Waals surface area contributed by atoms with Crippen LogP contribution >= 0.6 is 11.8 Å². The smallest absolute Gasteiger partial charge is 0.283 e. The lowest BCUT2D eigenvalue weighted by Crippen LogP contribution is -2.35. The molecule has 0 fully saturated rings. The minimum Gasteiger partial charge on any atom is -0.490 e. The molecule has 0 saturated heterocycles. The van der Waals surface area contributed by atoms with Crippen molar-refractivity contribution in [1.29, 1.82) is 5.41 Å². The first-order valence-corrected chi connectivity index (χ1v) is 12.6. The van der Waals surface area contributed by atoms with Crippen LogP contribution < -0.4 is 9.47 Å². The van der Waals surface area contributed by atoms with Gasteiger partial charge in [0.2, 0.25) is 5.17 Å². The Morgan fingerprint density at radius 3 is 2.34 bits per heavy atom. The van der Waals surface area contributed by atoms with Crippen molar-refractivity contribution in [3.05, 3.63) is 64.7 Å². The largest absolute Gasteiger partial charge is 0.490 e. The maximum Gasteiger partial charge on any atom is 0.283 e. The van der Waals surface area contributed by atoms with E-state index in [2.05, 4.69) is 23.9 Å². The van der Waals surface area contributed by atoms with Crippen LogP contribution in [0.15, 0.2) is 58.1 Å². The number of hydrogen-bond donors (Lipinski definition) is 1. The Kier molecular flexibility index (Phi) is 7.70. The molecule has 0 saturated carbocycles. The number of nitrogens with one attached hydrogen (secondary N) is 1. The SMILES string of the molecule is CCC(CC)C1=NN2C(=N)/C(=C\c3ccc(OCCOc4c(C)cccc4C)cc3)C(=O)N=C2S1. The van der Waals surface area contributed by atoms with Gasteiger partial charge in [-0.15, -0.1) is 0 Å². The van der Waals surface area contributed by atoms with E-state index in [1.165, 1.54) is 16.8 Å². The zero-order valence-electron chi connectivity index (χ0n) is 20.5. The van der Waals surface area contributed by atoms with E-state index in [1.54, 1.807) is 6.08 Å². The zero-order chi connectivity index (χ0) is 24.9. The van der Waals surface area contributed by atoms with E-state index in [-0.39, 0.29) is 11.4 Å². The molecule has 4 rings (SSSR count). The standard InChI is InChI=1S/C27H30N4O3S/c1-5-20(6-2)26-30-31-24(28)22(25(32)29-27(31)35-26)16-19-10-12-21(13-11-19)33-14-15-34-23-17(3)8-7-9-18(23)4/h7-13,16,20,28H,5-6,14-15H2,1-4H3/b22-16+,28-24?. The monoisotopic (exact) mass is 490 g/mol. The summed E-state index contributed by atoms with van der Waals surface area (Å²) in [5, 5.41) is 16.0. The lowest BCUT2D eigenvalue weighted by Gasteiger charge is -2.20. The van der Waals surface area contributed by atoms with E-state index in [4.69, 9.17) is 14.9 Å². The highest BCUT2D eigenvalue weighted by atomic mass is 32.2. The van der Waals surface area contributed by atoms with Gasteiger partial charge in [-0.1, -0.05) is 44.2 Å². The molecule has 0 unspecified atom stereocenters. The minimum atomic E-state index is -0.418. The van der Waals surface area contributed by atoms with Crippen molar-refractivity contribution in [3.8, 4) is 11.5 Å². The highest BCUT2D eigenvalue weighted by Crippen LogP contribution is 2.33. The van der Waals surface area contributed by atoms with Gasteiger partial charge >= 0.3 is 0 Å². The molecule has 2 aliphatic rings. The van der Waals surface area contributed by atoms with E-state index in [0.717, 1.165) is 40.3 Å². The number of aliphatic imine (C=N–C) groups is 1. The molecular formula is C27H30N4O3S. The zero-order valence-corrected chi connectivity index (χ0v) is 21.3. The summed E-state index contributed by atoms with van der Waals surface area (Å²) in [7, 11) is 0. The normalized spacial score (nSPS) is 16.5. The van der Waals surface area contributed by atoms with Gasteiger partial charge in [-0.05, 0) is 73.4 Å². The summed E-state index contributed by atoms with van der Waals surface area (Å²) in [5.41, 5.74) is 3.21. The van der Waals surface area contributed by atoms with Gasteiger partial charge in [0.1, 0.15) is 29.8 Å². The van der Waals surface area contributed by atoms with Gasteiger partial charge < -0.3 is 9.47 Å². The molecule has 1 N–H and O–H groups in total. The van der Waals surface area contributed by atoms with Gasteiger partial charge in [-0.3, -0.25) is 10.2 Å². The maximum absolute atomic E-state index is 12.6. The number of fused-ring (bicyclic) bond motifs is 1. The van der Waals surface area contributed by atoms with Crippen LogP contribution in [-0.2, 0) is 4.79 Å². The summed E-state index contributed by atoms with van der Waals surface area (Å²) in [6.45, 7) is 9.14. The number of rotatable bonds is 9. The third-order valence-electron chi connectivity index (χ3n) is 6.00. The predicted octanol–water partition coefficient (Wildman–Crippen LogP) is 5.82. The molecule has 182 valence electrons. The third kappa shape index (κ3) is 5.48. The quantitative estimate of drug-likeness (QED) is 0.354. The first-order chi connectivity index (χ1) is 16.9. The summed E-state index contributed by atoms with van der Waals surface area (Å²) in [6, 6.07) is 13.5. The summed E-state index contributed by atoms with van der Waals surface area (Å²) in [5.74, 6) is 1.55. The fourth-order valence-electron chi connectivity index (χ4n) is 3.97. The highest BCUT2D eigenvalue weighted by Gasteiger charge is 2.37. The molecule has 7 nitrogen and oxygen atoms in total. The van der Waals surface area contributed by atoms with E-state index < -0.39 is 5.91 Å². The number of benzene rings is 2. The Labute approximate surface area is 210 Å². The molecule has 0 aliphatic carbocycles. The molecule has 35 heavy (non-hydrogen) atoms. The van der Waals surface area contributed by atoms with Gasteiger partial charge in [0.25, 0.3) is 5.91 Å². The number of carbonyl (C=O) groups is 1. The van der Waals surface area contributed by atoms with Gasteiger partial charge in [-0.25, -0.2) is 0 Å². The number of amides is 1. The van der Waals surface area contributed by atoms with Crippen molar-refractivity contribution >= 4 is 39.8 Å². The van der Waals surface area contributed by atoms with Crippen LogP contribution in [0.3, 0.4) is 0 Å². The molecule has 2 aromatic rings. The Hall–Kier alpha value is -3.39. The number of para-hydroxylation sites is 1. The lowest BCUT2D eigenvalue weighted by atomic mass is 10.1. The fourth-order valence-corrected chi connectivity index (χ4v) is 5.12. The van der Waals surface area contributed by atoms with Crippen LogP contribution in [-0.4, -0.2) is 40.2 Å². The Morgan fingerprint density at radius 2 is 1.69 bits per heavy atom. The molecule has 2 aromatic carbocycles. The van der Waals surface area contributed by atoms with Crippen molar-refractivity contribution in [2.24, 2.45) is 16.0 Å². The van der Waals surface area contributed by atoms with Crippen molar-refractivity contribution in [2.75, 3.05) is 13.2 Å². The molecule has 0 spiro atoms. The summed E-state index contributed by atoms with van der Waals surface area (Å²) in [4.78, 5) is 16.8. The van der Waals surface area contributed by atoms with Crippen LogP contribution in [0.1, 0.15) is 43.4 Å². The Morgan fingerprint density at radius 1 is 1.03 bits per heavy atom. The van der Waals surface area contributed by atoms with Crippen LogP contribution in [0.2, 0.25) is 0 Å². The van der Waals surface area contributed by atoms with Crippen LogP contribution in [0.5, 0.6) is 11.5 Å². The molecule has 0 atom stereocenters. The number of amidine groups is 2. The first kappa shape index (κ1) is 24.7. The van der Waals surface area contributed by atoms with Gasteiger partial charge in [0, 0.05) is 5.92 Å². The summed E-state index contributed by atoms with van der Waals surface area (Å²) < 4.78 is 11.7. The topological polar surface area (TPSA) is 87.3 Å². The van der Waals surface area contributed by atoms with Gasteiger partial charge in [-0.2, -0.15) is 15.1 Å². The first-order valence-electron chi connectivity index (χ1n) is 11.8. The molecule has 8 heteroatoms. The third-order valence-corrected chi connectivity index (χ3v) is 7.07. The second-order valence-electron chi connectivity index (χ2n) is 8.46. The number of carbonyl (C=O) groups excluding carboxylic acids is 1. The lowest BCUT2D eigenvalue weighted by molar-refractivity contribution is -0.114. The van der Waals surface area contributed by atoms with Crippen LogP contribution in [0.4, 0.5) is 0 Å². The van der Waals surface area contributed by atoms with Crippen molar-refractivity contribution in [1.82, 2.24) is 5.01 Å². The average Bonchev–Trinajstić information content (AvgIpc) is 3.26. The van der Waals surface area contributed by atoms with Gasteiger partial charge in [0.15, 0.2) is 5.84 Å². The van der Waals surface area contributed by atoms with Gasteiger partial charge in [0.05, 0.1) is 5.57 Å². The average molecular weight is 491 g/mol. The molecule has 0 bridgehead atoms. The highest BCUT2D eigenvalue weighted by molar-refractivity contribution is 8.27. The van der Waals surface area contributed by atoms with E-state index in [1.807, 2.05) is 56.3 Å². The number of ether oxygens (including phenoxy) is 2. The molecule has 1 amide bonds. The van der Waals surface area contributed by atoms with Crippen molar-refractivity contribution in [3.63, 3.8) is 0 Å². The fraction of sp³-hybridized carbons (Fsp3) is 0.333. The number of hydrogen-bond acceptors (Lipinski definition) is 6. The Bertz CT molecular complexity index is 1190. The summed E-state index contributed by atoms with van der Waals surface area (Å²) >= 11 is 1.39.